The van der Waals surface area contributed by atoms with Gasteiger partial charge in [0, 0.05) is 6.04 Å². The summed E-state index contributed by atoms with van der Waals surface area (Å²) in [6.07, 6.45) is 0.628. The van der Waals surface area contributed by atoms with Gasteiger partial charge in [0.2, 0.25) is 10.0 Å². The van der Waals surface area contributed by atoms with E-state index in [1.165, 1.54) is 12.1 Å². The van der Waals surface area contributed by atoms with E-state index in [1.807, 2.05) is 38.1 Å². The van der Waals surface area contributed by atoms with Crippen LogP contribution in [0.3, 0.4) is 0 Å². The van der Waals surface area contributed by atoms with Crippen molar-refractivity contribution in [1.29, 1.82) is 0 Å². The van der Waals surface area contributed by atoms with Crippen LogP contribution < -0.4 is 4.72 Å². The summed E-state index contributed by atoms with van der Waals surface area (Å²) in [5.41, 5.74) is 2.43. The summed E-state index contributed by atoms with van der Waals surface area (Å²) in [4.78, 5) is 0.111. The van der Waals surface area contributed by atoms with Crippen LogP contribution in [0.25, 0.3) is 0 Å². The first-order valence-electron chi connectivity index (χ1n) is 7.18. The molecule has 0 heterocycles. The van der Waals surface area contributed by atoms with Crippen LogP contribution in [0.1, 0.15) is 36.1 Å². The molecule has 2 aromatic rings. The molecule has 2 rings (SSSR count). The Kier molecular flexibility index (Phi) is 4.98. The van der Waals surface area contributed by atoms with Crippen molar-refractivity contribution in [2.45, 2.75) is 38.1 Å². The topological polar surface area (TPSA) is 46.2 Å². The molecular weight excluding hydrogens is 301 g/mol. The van der Waals surface area contributed by atoms with Crippen LogP contribution in [-0.4, -0.2) is 8.42 Å². The van der Waals surface area contributed by atoms with E-state index in [1.54, 1.807) is 6.92 Å². The van der Waals surface area contributed by atoms with Crippen LogP contribution in [0, 0.1) is 19.7 Å². The number of halogens is 1. The molecule has 1 N–H and O–H groups in total. The number of benzene rings is 2. The smallest absolute Gasteiger partial charge is 0.207 e. The van der Waals surface area contributed by atoms with E-state index >= 15 is 0 Å². The largest absolute Gasteiger partial charge is 0.241 e. The first-order valence-corrected chi connectivity index (χ1v) is 8.67. The summed E-state index contributed by atoms with van der Waals surface area (Å²) >= 11 is 0. The monoisotopic (exact) mass is 321 g/mol. The highest BCUT2D eigenvalue weighted by Gasteiger charge is 2.22. The normalized spacial score (nSPS) is 13.1. The van der Waals surface area contributed by atoms with Crippen LogP contribution >= 0.6 is 0 Å². The van der Waals surface area contributed by atoms with Crippen molar-refractivity contribution < 1.29 is 12.8 Å². The predicted molar refractivity (Wildman–Crippen MR) is 85.7 cm³/mol. The number of aryl methyl sites for hydroxylation is 2. The average molecular weight is 321 g/mol. The van der Waals surface area contributed by atoms with E-state index in [9.17, 15) is 12.8 Å². The molecule has 118 valence electrons. The molecule has 0 unspecified atom stereocenters. The van der Waals surface area contributed by atoms with Crippen molar-refractivity contribution in [3.63, 3.8) is 0 Å². The van der Waals surface area contributed by atoms with Gasteiger partial charge in [-0.15, -0.1) is 0 Å². The summed E-state index contributed by atoms with van der Waals surface area (Å²) in [5, 5.41) is 0. The second-order valence-corrected chi connectivity index (χ2v) is 7.09. The molecule has 0 aromatic heterocycles. The lowest BCUT2D eigenvalue weighted by Gasteiger charge is -2.18. The molecule has 0 bridgehead atoms. The third-order valence-corrected chi connectivity index (χ3v) is 5.24. The second-order valence-electron chi connectivity index (χ2n) is 5.40. The number of sulfonamides is 1. The Hall–Kier alpha value is -1.72. The fraction of sp³-hybridized carbons (Fsp3) is 0.294. The summed E-state index contributed by atoms with van der Waals surface area (Å²) < 4.78 is 40.9. The molecule has 0 aliphatic carbocycles. The Morgan fingerprint density at radius 3 is 2.27 bits per heavy atom. The highest BCUT2D eigenvalue weighted by Crippen LogP contribution is 2.22. The van der Waals surface area contributed by atoms with Gasteiger partial charge in [0.1, 0.15) is 5.82 Å². The van der Waals surface area contributed by atoms with Crippen molar-refractivity contribution in [2.24, 2.45) is 0 Å². The van der Waals surface area contributed by atoms with E-state index in [0.29, 0.717) is 12.0 Å². The van der Waals surface area contributed by atoms with E-state index in [0.717, 1.165) is 17.2 Å². The minimum atomic E-state index is -3.69. The van der Waals surface area contributed by atoms with Gasteiger partial charge in [0.25, 0.3) is 0 Å². The quantitative estimate of drug-likeness (QED) is 0.908. The first-order chi connectivity index (χ1) is 10.3. The fourth-order valence-corrected chi connectivity index (χ4v) is 3.89. The van der Waals surface area contributed by atoms with Crippen LogP contribution in [-0.2, 0) is 10.0 Å². The van der Waals surface area contributed by atoms with Crippen LogP contribution in [0.15, 0.2) is 47.4 Å². The molecule has 0 aliphatic heterocycles. The maximum atomic E-state index is 13.2. The molecule has 2 aromatic carbocycles. The molecule has 3 nitrogen and oxygen atoms in total. The minimum Gasteiger partial charge on any atom is -0.207 e. The molecule has 0 saturated carbocycles. The second kappa shape index (κ2) is 6.58. The number of rotatable bonds is 5. The predicted octanol–water partition coefficient (Wildman–Crippen LogP) is 3.87. The van der Waals surface area contributed by atoms with Gasteiger partial charge in [-0.05, 0) is 49.6 Å². The van der Waals surface area contributed by atoms with Gasteiger partial charge in [-0.25, -0.2) is 17.5 Å². The van der Waals surface area contributed by atoms with Gasteiger partial charge < -0.3 is 0 Å². The zero-order valence-corrected chi connectivity index (χ0v) is 13.7. The fourth-order valence-electron chi connectivity index (χ4n) is 2.35. The van der Waals surface area contributed by atoms with Gasteiger partial charge >= 0.3 is 0 Å². The van der Waals surface area contributed by atoms with Crippen molar-refractivity contribution in [2.75, 3.05) is 0 Å². The SMILES string of the molecule is CC[C@@H](NS(=O)(=O)c1ccc(F)cc1C)c1ccc(C)cc1. The summed E-state index contributed by atoms with van der Waals surface area (Å²) in [6, 6.07) is 11.1. The van der Waals surface area contributed by atoms with E-state index in [2.05, 4.69) is 4.72 Å². The Morgan fingerprint density at radius 2 is 1.73 bits per heavy atom. The molecule has 22 heavy (non-hydrogen) atoms. The number of nitrogens with one attached hydrogen (secondary N) is 1. The molecule has 0 amide bonds. The van der Waals surface area contributed by atoms with Gasteiger partial charge in [-0.3, -0.25) is 0 Å². The van der Waals surface area contributed by atoms with Gasteiger partial charge in [-0.1, -0.05) is 36.8 Å². The highest BCUT2D eigenvalue weighted by atomic mass is 32.2. The maximum absolute atomic E-state index is 13.2. The highest BCUT2D eigenvalue weighted by molar-refractivity contribution is 7.89. The Balaban J connectivity index is 2.31. The molecule has 0 aliphatic rings. The average Bonchev–Trinajstić information content (AvgIpc) is 2.45. The lowest BCUT2D eigenvalue weighted by molar-refractivity contribution is 0.549. The summed E-state index contributed by atoms with van der Waals surface area (Å²) in [6.45, 7) is 5.49. The van der Waals surface area contributed by atoms with Crippen molar-refractivity contribution >= 4 is 10.0 Å². The van der Waals surface area contributed by atoms with Crippen molar-refractivity contribution in [3.8, 4) is 0 Å². The standard InChI is InChI=1S/C17H20FNO2S/c1-4-16(14-7-5-12(2)6-8-14)19-22(20,21)17-10-9-15(18)11-13(17)3/h5-11,16,19H,4H2,1-3H3/t16-/m1/s1. The third kappa shape index (κ3) is 3.72. The van der Waals surface area contributed by atoms with Crippen LogP contribution in [0.4, 0.5) is 4.39 Å². The van der Waals surface area contributed by atoms with Gasteiger partial charge in [0.15, 0.2) is 0 Å². The zero-order chi connectivity index (χ0) is 16.3. The van der Waals surface area contributed by atoms with Gasteiger partial charge in [-0.2, -0.15) is 0 Å². The van der Waals surface area contributed by atoms with E-state index < -0.39 is 15.8 Å². The molecule has 0 fully saturated rings. The molecule has 0 radical (unpaired) electrons. The van der Waals surface area contributed by atoms with Gasteiger partial charge in [0.05, 0.1) is 4.90 Å². The lowest BCUT2D eigenvalue weighted by Crippen LogP contribution is -2.28. The molecule has 1 atom stereocenters. The molecular formula is C17H20FNO2S. The Morgan fingerprint density at radius 1 is 1.09 bits per heavy atom. The van der Waals surface area contributed by atoms with Crippen LogP contribution in [0.5, 0.6) is 0 Å². The summed E-state index contributed by atoms with van der Waals surface area (Å²) in [7, 11) is -3.69. The Labute approximate surface area is 131 Å². The minimum absolute atomic E-state index is 0.111. The molecule has 0 saturated heterocycles. The van der Waals surface area contributed by atoms with E-state index in [4.69, 9.17) is 0 Å². The third-order valence-electron chi connectivity index (χ3n) is 3.61. The zero-order valence-electron chi connectivity index (χ0n) is 12.9. The maximum Gasteiger partial charge on any atom is 0.241 e. The number of hydrogen-bond acceptors (Lipinski definition) is 2. The lowest BCUT2D eigenvalue weighted by atomic mass is 10.0. The van der Waals surface area contributed by atoms with Crippen molar-refractivity contribution in [3.05, 3.63) is 65.0 Å². The van der Waals surface area contributed by atoms with E-state index in [-0.39, 0.29) is 10.9 Å². The molecule has 0 spiro atoms. The van der Waals surface area contributed by atoms with Crippen LogP contribution in [0.2, 0.25) is 0 Å². The Bertz CT molecular complexity index is 755. The molecule has 5 heteroatoms. The first kappa shape index (κ1) is 16.6. The number of hydrogen-bond donors (Lipinski definition) is 1. The van der Waals surface area contributed by atoms with Crippen molar-refractivity contribution in [1.82, 2.24) is 4.72 Å². The summed E-state index contributed by atoms with van der Waals surface area (Å²) in [5.74, 6) is -0.443.